The van der Waals surface area contributed by atoms with Gasteiger partial charge in [0.05, 0.1) is 0 Å². The Morgan fingerprint density at radius 3 is 1.85 bits per heavy atom. The zero-order valence-electron chi connectivity index (χ0n) is 15.5. The van der Waals surface area contributed by atoms with Crippen LogP contribution in [0, 0.1) is 13.8 Å². The van der Waals surface area contributed by atoms with E-state index in [4.69, 9.17) is 23.2 Å². The predicted octanol–water partition coefficient (Wildman–Crippen LogP) is 8.13. The predicted molar refractivity (Wildman–Crippen MR) is 122 cm³/mol. The fraction of sp³-hybridized carbons (Fsp3) is 0.167. The minimum absolute atomic E-state index is 0.771. The SMILES string of the molecule is Cc1cc(C)cc(C=C(Cc2ccc(Cl)cc2)SCc2ccc(Cl)cc2)c1. The van der Waals surface area contributed by atoms with Crippen molar-refractivity contribution < 1.29 is 0 Å². The molecule has 3 rings (SSSR count). The number of benzene rings is 3. The Kier molecular flexibility index (Phi) is 7.07. The molecule has 0 aliphatic heterocycles. The van der Waals surface area contributed by atoms with Crippen molar-refractivity contribution in [2.45, 2.75) is 26.0 Å². The first-order valence-corrected chi connectivity index (χ1v) is 10.6. The number of hydrogen-bond donors (Lipinski definition) is 0. The van der Waals surface area contributed by atoms with Gasteiger partial charge in [0.2, 0.25) is 0 Å². The van der Waals surface area contributed by atoms with Gasteiger partial charge < -0.3 is 0 Å². The van der Waals surface area contributed by atoms with Gasteiger partial charge in [0.25, 0.3) is 0 Å². The van der Waals surface area contributed by atoms with Crippen LogP contribution in [0.4, 0.5) is 0 Å². The van der Waals surface area contributed by atoms with Gasteiger partial charge in [0, 0.05) is 22.2 Å². The van der Waals surface area contributed by atoms with Gasteiger partial charge in [-0.25, -0.2) is 0 Å². The third-order valence-electron chi connectivity index (χ3n) is 4.20. The topological polar surface area (TPSA) is 0 Å². The molecule has 0 saturated heterocycles. The molecule has 3 aromatic rings. The third kappa shape index (κ3) is 6.46. The van der Waals surface area contributed by atoms with Crippen molar-refractivity contribution in [1.82, 2.24) is 0 Å². The highest BCUT2D eigenvalue weighted by atomic mass is 35.5. The third-order valence-corrected chi connectivity index (χ3v) is 5.82. The smallest absolute Gasteiger partial charge is 0.0406 e. The van der Waals surface area contributed by atoms with E-state index in [0.717, 1.165) is 22.2 Å². The van der Waals surface area contributed by atoms with E-state index in [0.29, 0.717) is 0 Å². The lowest BCUT2D eigenvalue weighted by atomic mass is 10.1. The molecule has 0 aromatic heterocycles. The summed E-state index contributed by atoms with van der Waals surface area (Å²) < 4.78 is 0. The van der Waals surface area contributed by atoms with Gasteiger partial charge in [-0.1, -0.05) is 76.8 Å². The van der Waals surface area contributed by atoms with Crippen LogP contribution in [0.2, 0.25) is 10.0 Å². The normalized spacial score (nSPS) is 11.6. The minimum atomic E-state index is 0.771. The van der Waals surface area contributed by atoms with Gasteiger partial charge in [0.1, 0.15) is 0 Å². The average Bonchev–Trinajstić information content (AvgIpc) is 2.62. The highest BCUT2D eigenvalue weighted by molar-refractivity contribution is 8.02. The van der Waals surface area contributed by atoms with Crippen LogP contribution in [0.3, 0.4) is 0 Å². The number of hydrogen-bond acceptors (Lipinski definition) is 1. The van der Waals surface area contributed by atoms with Crippen LogP contribution in [0.1, 0.15) is 27.8 Å². The van der Waals surface area contributed by atoms with E-state index >= 15 is 0 Å². The number of halogens is 2. The fourth-order valence-corrected chi connectivity index (χ4v) is 4.27. The number of rotatable bonds is 6. The first-order chi connectivity index (χ1) is 13.0. The second kappa shape index (κ2) is 9.50. The summed E-state index contributed by atoms with van der Waals surface area (Å²) in [6, 6.07) is 22.9. The Bertz CT molecular complexity index is 905. The van der Waals surface area contributed by atoms with Gasteiger partial charge in [-0.15, -0.1) is 11.8 Å². The molecular formula is C24H22Cl2S. The first kappa shape index (κ1) is 20.1. The van der Waals surface area contributed by atoms with Crippen LogP contribution in [0.15, 0.2) is 71.6 Å². The lowest BCUT2D eigenvalue weighted by Crippen LogP contribution is -1.90. The van der Waals surface area contributed by atoms with E-state index in [-0.39, 0.29) is 0 Å². The van der Waals surface area contributed by atoms with Crippen molar-refractivity contribution in [3.8, 4) is 0 Å². The largest absolute Gasteiger partial charge is 0.125 e. The van der Waals surface area contributed by atoms with E-state index in [1.54, 1.807) is 0 Å². The van der Waals surface area contributed by atoms with E-state index in [9.17, 15) is 0 Å². The quantitative estimate of drug-likeness (QED) is 0.393. The van der Waals surface area contributed by atoms with Crippen LogP contribution in [0.5, 0.6) is 0 Å². The standard InChI is InChI=1S/C24H22Cl2S/c1-17-11-18(2)13-21(12-17)15-24(14-19-3-7-22(25)8-4-19)27-16-20-5-9-23(26)10-6-20/h3-13,15H,14,16H2,1-2H3. The summed E-state index contributed by atoms with van der Waals surface area (Å²) in [5.41, 5.74) is 6.36. The molecule has 0 nitrogen and oxygen atoms in total. The van der Waals surface area contributed by atoms with Crippen LogP contribution >= 0.6 is 35.0 Å². The molecule has 138 valence electrons. The molecule has 0 spiro atoms. The molecule has 0 radical (unpaired) electrons. The van der Waals surface area contributed by atoms with Gasteiger partial charge in [-0.2, -0.15) is 0 Å². The Labute approximate surface area is 176 Å². The molecule has 0 fully saturated rings. The zero-order chi connectivity index (χ0) is 19.2. The fourth-order valence-electron chi connectivity index (χ4n) is 2.98. The van der Waals surface area contributed by atoms with Gasteiger partial charge >= 0.3 is 0 Å². The Morgan fingerprint density at radius 2 is 1.30 bits per heavy atom. The second-order valence-corrected chi connectivity index (χ2v) is 8.72. The summed E-state index contributed by atoms with van der Waals surface area (Å²) in [4.78, 5) is 1.33. The molecule has 0 amide bonds. The monoisotopic (exact) mass is 412 g/mol. The maximum atomic E-state index is 6.04. The molecule has 0 atom stereocenters. The maximum absolute atomic E-state index is 6.04. The van der Waals surface area contributed by atoms with E-state index in [2.05, 4.69) is 62.4 Å². The lowest BCUT2D eigenvalue weighted by molar-refractivity contribution is 1.25. The summed E-state index contributed by atoms with van der Waals surface area (Å²) in [6.07, 6.45) is 3.19. The second-order valence-electron chi connectivity index (χ2n) is 6.75. The minimum Gasteiger partial charge on any atom is -0.125 e. The summed E-state index contributed by atoms with van der Waals surface area (Å²) in [5, 5.41) is 1.54. The van der Waals surface area contributed by atoms with Gasteiger partial charge in [-0.05, 0) is 65.8 Å². The highest BCUT2D eigenvalue weighted by Gasteiger charge is 2.05. The molecule has 0 saturated carbocycles. The lowest BCUT2D eigenvalue weighted by Gasteiger charge is -2.10. The molecule has 0 heterocycles. The van der Waals surface area contributed by atoms with Crippen LogP contribution < -0.4 is 0 Å². The molecule has 0 bridgehead atoms. The Balaban J connectivity index is 1.83. The summed E-state index contributed by atoms with van der Waals surface area (Å²) in [5.74, 6) is 0.918. The van der Waals surface area contributed by atoms with Crippen molar-refractivity contribution in [2.75, 3.05) is 0 Å². The van der Waals surface area contributed by atoms with Gasteiger partial charge in [-0.3, -0.25) is 0 Å². The molecule has 3 heteroatoms. The van der Waals surface area contributed by atoms with E-state index < -0.39 is 0 Å². The van der Waals surface area contributed by atoms with Crippen LogP contribution in [0.25, 0.3) is 6.08 Å². The summed E-state index contributed by atoms with van der Waals surface area (Å²) >= 11 is 13.9. The molecule has 27 heavy (non-hydrogen) atoms. The summed E-state index contributed by atoms with van der Waals surface area (Å²) in [7, 11) is 0. The highest BCUT2D eigenvalue weighted by Crippen LogP contribution is 2.28. The molecule has 0 unspecified atom stereocenters. The van der Waals surface area contributed by atoms with Crippen molar-refractivity contribution in [2.24, 2.45) is 0 Å². The maximum Gasteiger partial charge on any atom is 0.0406 e. The van der Waals surface area contributed by atoms with Crippen molar-refractivity contribution in [1.29, 1.82) is 0 Å². The Morgan fingerprint density at radius 1 is 0.778 bits per heavy atom. The first-order valence-electron chi connectivity index (χ1n) is 8.88. The zero-order valence-corrected chi connectivity index (χ0v) is 17.8. The van der Waals surface area contributed by atoms with Crippen LogP contribution in [-0.4, -0.2) is 0 Å². The van der Waals surface area contributed by atoms with E-state index in [1.165, 1.54) is 32.7 Å². The van der Waals surface area contributed by atoms with Crippen molar-refractivity contribution >= 4 is 41.0 Å². The molecule has 0 aliphatic carbocycles. The van der Waals surface area contributed by atoms with Crippen molar-refractivity contribution in [3.05, 3.63) is 109 Å². The van der Waals surface area contributed by atoms with E-state index in [1.807, 2.05) is 36.0 Å². The van der Waals surface area contributed by atoms with Crippen LogP contribution in [-0.2, 0) is 12.2 Å². The average molecular weight is 413 g/mol. The number of thioether (sulfide) groups is 1. The van der Waals surface area contributed by atoms with Crippen molar-refractivity contribution in [3.63, 3.8) is 0 Å². The number of aryl methyl sites for hydroxylation is 2. The summed E-state index contributed by atoms with van der Waals surface area (Å²) in [6.45, 7) is 4.29. The van der Waals surface area contributed by atoms with Gasteiger partial charge in [0.15, 0.2) is 0 Å². The molecular weight excluding hydrogens is 391 g/mol. The number of allylic oxidation sites excluding steroid dienone is 1. The molecule has 0 N–H and O–H groups in total. The Hall–Kier alpha value is -1.67. The molecule has 0 aliphatic rings. The molecule has 3 aromatic carbocycles.